The van der Waals surface area contributed by atoms with E-state index in [-0.39, 0.29) is 13.0 Å². The minimum Gasteiger partial charge on any atom is -0.378 e. The van der Waals surface area contributed by atoms with Crippen LogP contribution >= 0.6 is 11.3 Å². The Kier molecular flexibility index (Phi) is 6.13. The maximum absolute atomic E-state index is 14.7. The number of nitrogens with two attached hydrogens (primary N) is 1. The predicted octanol–water partition coefficient (Wildman–Crippen LogP) is 3.09. The fourth-order valence-corrected chi connectivity index (χ4v) is 5.93. The van der Waals surface area contributed by atoms with Gasteiger partial charge in [-0.3, -0.25) is 9.69 Å². The number of hydrogen-bond donors (Lipinski definition) is 1. The van der Waals surface area contributed by atoms with E-state index >= 15 is 0 Å². The molecule has 1 unspecified atom stereocenters. The van der Waals surface area contributed by atoms with E-state index in [1.165, 1.54) is 16.9 Å². The van der Waals surface area contributed by atoms with Gasteiger partial charge < -0.3 is 15.4 Å². The summed E-state index contributed by atoms with van der Waals surface area (Å²) in [4.78, 5) is 26.3. The fourth-order valence-electron chi connectivity index (χ4n) is 4.94. The average Bonchev–Trinajstić information content (AvgIpc) is 3.63. The Morgan fingerprint density at radius 1 is 1.19 bits per heavy atom. The van der Waals surface area contributed by atoms with Gasteiger partial charge in [0.15, 0.2) is 5.82 Å². The zero-order valence-electron chi connectivity index (χ0n) is 20.6. The molecule has 9 nitrogen and oxygen atoms in total. The second kappa shape index (κ2) is 9.47. The summed E-state index contributed by atoms with van der Waals surface area (Å²) in [7, 11) is 0. The monoisotopic (exact) mass is 521 g/mol. The molecule has 0 aliphatic carbocycles. The lowest BCUT2D eigenvalue weighted by atomic mass is 10.1. The largest absolute Gasteiger partial charge is 0.378 e. The Hall–Kier alpha value is -3.41. The minimum atomic E-state index is -1.98. The Labute approximate surface area is 217 Å². The van der Waals surface area contributed by atoms with Crippen molar-refractivity contribution in [3.05, 3.63) is 53.2 Å². The Morgan fingerprint density at radius 2 is 2.03 bits per heavy atom. The number of amides is 1. The molecule has 37 heavy (non-hydrogen) atoms. The number of primary amides is 1. The zero-order chi connectivity index (χ0) is 25.6. The van der Waals surface area contributed by atoms with Crippen LogP contribution in [0, 0.1) is 6.92 Å². The minimum absolute atomic E-state index is 0.0116. The molecule has 3 aromatic heterocycles. The van der Waals surface area contributed by atoms with Crippen LogP contribution in [0.3, 0.4) is 0 Å². The molecule has 6 rings (SSSR count). The first kappa shape index (κ1) is 24.0. The lowest BCUT2D eigenvalue weighted by Gasteiger charge is -2.29. The highest BCUT2D eigenvalue weighted by molar-refractivity contribution is 7.18. The number of fused-ring (bicyclic) bond motifs is 1. The van der Waals surface area contributed by atoms with Crippen LogP contribution < -0.4 is 10.6 Å². The van der Waals surface area contributed by atoms with Gasteiger partial charge in [-0.05, 0) is 19.1 Å². The van der Waals surface area contributed by atoms with Gasteiger partial charge in [-0.2, -0.15) is 5.10 Å². The van der Waals surface area contributed by atoms with Crippen molar-refractivity contribution in [3.8, 4) is 17.1 Å². The van der Waals surface area contributed by atoms with Gasteiger partial charge in [-0.25, -0.2) is 19.0 Å². The molecule has 11 heteroatoms. The normalized spacial score (nSPS) is 20.6. The van der Waals surface area contributed by atoms with Crippen LogP contribution in [0.4, 0.5) is 10.1 Å². The summed E-state index contributed by atoms with van der Waals surface area (Å²) in [5, 5.41) is 5.63. The van der Waals surface area contributed by atoms with Crippen LogP contribution in [0.15, 0.2) is 42.6 Å². The molecular formula is C26H28FN7O2S. The lowest BCUT2D eigenvalue weighted by molar-refractivity contribution is -0.128. The van der Waals surface area contributed by atoms with E-state index < -0.39 is 11.6 Å². The molecule has 0 bridgehead atoms. The van der Waals surface area contributed by atoms with Crippen LogP contribution in [-0.4, -0.2) is 75.6 Å². The molecule has 0 radical (unpaired) electrons. The number of carbonyl (C=O) groups is 1. The number of thiazole rings is 1. The fraction of sp³-hybridized carbons (Fsp3) is 0.385. The molecule has 1 amide bonds. The van der Waals surface area contributed by atoms with Crippen LogP contribution in [-0.2, 0) is 16.1 Å². The van der Waals surface area contributed by atoms with Crippen molar-refractivity contribution < 1.29 is 13.9 Å². The molecule has 2 aliphatic rings. The number of carbonyl (C=O) groups excluding carboxylic acids is 1. The SMILES string of the molecule is Cc1cccc(-c2ccn(-c3cc(N4CCOCC4)c4nc(CN5CCC(F)(C(N)=O)C5)sc4n3)n2)c1. The molecule has 1 atom stereocenters. The standard InChI is InChI=1S/C26H28FN7O2S/c1-17-3-2-4-18(13-17)19-5-7-34(31-19)21-14-20(33-9-11-36-12-10-33)23-24(29-21)37-22(30-23)15-32-8-6-26(27,16-32)25(28)35/h2-5,7,13-14H,6,8-12,15-16H2,1H3,(H2,28,35). The highest BCUT2D eigenvalue weighted by Crippen LogP contribution is 2.34. The number of likely N-dealkylation sites (tertiary alicyclic amines) is 1. The predicted molar refractivity (Wildman–Crippen MR) is 141 cm³/mol. The van der Waals surface area contributed by atoms with Gasteiger partial charge in [0.1, 0.15) is 15.4 Å². The Bertz CT molecular complexity index is 1460. The Morgan fingerprint density at radius 3 is 2.78 bits per heavy atom. The van der Waals surface area contributed by atoms with Crippen molar-refractivity contribution in [2.45, 2.75) is 25.6 Å². The number of alkyl halides is 1. The maximum atomic E-state index is 14.7. The van der Waals surface area contributed by atoms with E-state index in [9.17, 15) is 9.18 Å². The molecule has 2 saturated heterocycles. The lowest BCUT2D eigenvalue weighted by Crippen LogP contribution is -2.42. The third-order valence-corrected chi connectivity index (χ3v) is 7.90. The van der Waals surface area contributed by atoms with Crippen LogP contribution in [0.1, 0.15) is 17.0 Å². The number of nitrogens with zero attached hydrogens (tertiary/aromatic N) is 6. The first-order valence-corrected chi connectivity index (χ1v) is 13.2. The van der Waals surface area contributed by atoms with Gasteiger partial charge in [-0.1, -0.05) is 35.1 Å². The number of aryl methyl sites for hydroxylation is 1. The molecule has 2 fully saturated rings. The van der Waals surface area contributed by atoms with Crippen LogP contribution in [0.5, 0.6) is 0 Å². The van der Waals surface area contributed by atoms with Gasteiger partial charge in [-0.15, -0.1) is 0 Å². The van der Waals surface area contributed by atoms with Crippen molar-refractivity contribution >= 4 is 33.3 Å². The van der Waals surface area contributed by atoms with Crippen molar-refractivity contribution in [3.63, 3.8) is 0 Å². The third kappa shape index (κ3) is 4.70. The van der Waals surface area contributed by atoms with E-state index in [0.717, 1.165) is 45.4 Å². The second-order valence-corrected chi connectivity index (χ2v) is 10.7. The number of benzene rings is 1. The molecule has 192 valence electrons. The number of pyridine rings is 1. The molecule has 0 spiro atoms. The molecule has 2 N–H and O–H groups in total. The molecule has 4 aromatic rings. The summed E-state index contributed by atoms with van der Waals surface area (Å²) in [6.07, 6.45) is 2.03. The maximum Gasteiger partial charge on any atom is 0.256 e. The summed E-state index contributed by atoms with van der Waals surface area (Å²) < 4.78 is 22.1. The second-order valence-electron chi connectivity index (χ2n) is 9.67. The van der Waals surface area contributed by atoms with E-state index in [0.29, 0.717) is 32.1 Å². The van der Waals surface area contributed by atoms with Crippen molar-refractivity contribution in [1.29, 1.82) is 0 Å². The molecule has 1 aromatic carbocycles. The summed E-state index contributed by atoms with van der Waals surface area (Å²) >= 11 is 1.48. The zero-order valence-corrected chi connectivity index (χ0v) is 21.4. The van der Waals surface area contributed by atoms with Gasteiger partial charge >= 0.3 is 0 Å². The van der Waals surface area contributed by atoms with Gasteiger partial charge in [0.05, 0.1) is 31.1 Å². The highest BCUT2D eigenvalue weighted by Gasteiger charge is 2.43. The first-order chi connectivity index (χ1) is 17.9. The van der Waals surface area contributed by atoms with E-state index in [2.05, 4.69) is 24.0 Å². The van der Waals surface area contributed by atoms with Gasteiger partial charge in [0.25, 0.3) is 5.91 Å². The van der Waals surface area contributed by atoms with Crippen LogP contribution in [0.25, 0.3) is 27.4 Å². The third-order valence-electron chi connectivity index (χ3n) is 6.97. The number of rotatable bonds is 6. The molecular weight excluding hydrogens is 493 g/mol. The van der Waals surface area contributed by atoms with Crippen molar-refractivity contribution in [2.75, 3.05) is 44.3 Å². The highest BCUT2D eigenvalue weighted by atomic mass is 32.1. The van der Waals surface area contributed by atoms with Gasteiger partial charge in [0.2, 0.25) is 5.67 Å². The number of hydrogen-bond acceptors (Lipinski definition) is 8. The van der Waals surface area contributed by atoms with Crippen molar-refractivity contribution in [1.82, 2.24) is 24.6 Å². The van der Waals surface area contributed by atoms with E-state index in [4.69, 9.17) is 25.5 Å². The molecule has 0 saturated carbocycles. The molecule has 5 heterocycles. The summed E-state index contributed by atoms with van der Waals surface area (Å²) in [6.45, 7) is 5.76. The number of halogens is 1. The first-order valence-electron chi connectivity index (χ1n) is 12.4. The molecule has 2 aliphatic heterocycles. The Balaban J connectivity index is 1.35. The number of morpholine rings is 1. The summed E-state index contributed by atoms with van der Waals surface area (Å²) in [6, 6.07) is 12.3. The topological polar surface area (TPSA) is 102 Å². The summed E-state index contributed by atoms with van der Waals surface area (Å²) in [5.74, 6) is -0.190. The van der Waals surface area contributed by atoms with Crippen molar-refractivity contribution in [2.24, 2.45) is 5.73 Å². The summed E-state index contributed by atoms with van der Waals surface area (Å²) in [5.41, 5.74) is 8.21. The number of aromatic nitrogens is 4. The number of anilines is 1. The number of ether oxygens (including phenoxy) is 1. The quantitative estimate of drug-likeness (QED) is 0.416. The van der Waals surface area contributed by atoms with Gasteiger partial charge in [0, 0.05) is 50.4 Å². The smallest absolute Gasteiger partial charge is 0.256 e. The van der Waals surface area contributed by atoms with E-state index in [1.807, 2.05) is 35.4 Å². The van der Waals surface area contributed by atoms with Crippen LogP contribution in [0.2, 0.25) is 0 Å². The average molecular weight is 522 g/mol. The van der Waals surface area contributed by atoms with E-state index in [1.54, 1.807) is 4.68 Å².